The fraction of sp³-hybridized carbons (Fsp3) is 0.368. The molecule has 0 unspecified atom stereocenters. The highest BCUT2D eigenvalue weighted by Crippen LogP contribution is 2.25. The maximum absolute atomic E-state index is 13.2. The van der Waals surface area contributed by atoms with Crippen LogP contribution in [-0.2, 0) is 0 Å². The van der Waals surface area contributed by atoms with Gasteiger partial charge in [0.25, 0.3) is 5.91 Å². The molecular formula is C19H20F2N2O2. The Kier molecular flexibility index (Phi) is 5.26. The van der Waals surface area contributed by atoms with E-state index in [1.54, 1.807) is 18.5 Å². The number of hydrogen-bond acceptors (Lipinski definition) is 3. The smallest absolute Gasteiger partial charge is 0.253 e. The highest BCUT2D eigenvalue weighted by molar-refractivity contribution is 5.94. The molecule has 1 saturated carbocycles. The number of halogens is 2. The van der Waals surface area contributed by atoms with E-state index in [9.17, 15) is 13.6 Å². The van der Waals surface area contributed by atoms with Gasteiger partial charge in [0.1, 0.15) is 17.4 Å². The molecule has 6 heteroatoms. The van der Waals surface area contributed by atoms with Gasteiger partial charge >= 0.3 is 0 Å². The first-order valence-electron chi connectivity index (χ1n) is 8.35. The maximum atomic E-state index is 13.2. The van der Waals surface area contributed by atoms with Crippen LogP contribution in [0.4, 0.5) is 8.78 Å². The lowest BCUT2D eigenvalue weighted by Gasteiger charge is -2.29. The molecule has 4 nitrogen and oxygen atoms in total. The van der Waals surface area contributed by atoms with Crippen molar-refractivity contribution in [1.29, 1.82) is 0 Å². The number of carbonyl (C=O) groups is 1. The van der Waals surface area contributed by atoms with Crippen molar-refractivity contribution in [3.05, 3.63) is 59.4 Å². The lowest BCUT2D eigenvalue weighted by molar-refractivity contribution is 0.0893. The topological polar surface area (TPSA) is 51.2 Å². The predicted octanol–water partition coefficient (Wildman–Crippen LogP) is 3.79. The standard InChI is InChI=1S/C19H20F2N2O2/c1-12-6-13(11-22-10-12)19(24)23-16-2-4-17(5-3-16)25-18-8-14(20)7-15(21)9-18/h6-11,16-17H,2-5H2,1H3,(H,23,24). The van der Waals surface area contributed by atoms with E-state index in [4.69, 9.17) is 4.74 Å². The summed E-state index contributed by atoms with van der Waals surface area (Å²) in [6.45, 7) is 1.89. The molecule has 1 aliphatic rings. The molecule has 25 heavy (non-hydrogen) atoms. The Morgan fingerprint density at radius 1 is 1.08 bits per heavy atom. The second kappa shape index (κ2) is 7.59. The van der Waals surface area contributed by atoms with Gasteiger partial charge in [-0.3, -0.25) is 9.78 Å². The van der Waals surface area contributed by atoms with Gasteiger partial charge in [-0.05, 0) is 44.2 Å². The van der Waals surface area contributed by atoms with Gasteiger partial charge in [-0.2, -0.15) is 0 Å². The molecule has 2 aromatic rings. The van der Waals surface area contributed by atoms with E-state index >= 15 is 0 Å². The van der Waals surface area contributed by atoms with Crippen LogP contribution in [0.1, 0.15) is 41.6 Å². The molecule has 0 aliphatic heterocycles. The predicted molar refractivity (Wildman–Crippen MR) is 89.5 cm³/mol. The van der Waals surface area contributed by atoms with E-state index in [0.717, 1.165) is 37.3 Å². The van der Waals surface area contributed by atoms with Gasteiger partial charge in [0.05, 0.1) is 11.7 Å². The van der Waals surface area contributed by atoms with E-state index in [2.05, 4.69) is 10.3 Å². The molecule has 1 heterocycles. The molecule has 1 aliphatic carbocycles. The lowest BCUT2D eigenvalue weighted by Crippen LogP contribution is -2.39. The number of hydrogen-bond donors (Lipinski definition) is 1. The second-order valence-corrected chi connectivity index (χ2v) is 6.42. The highest BCUT2D eigenvalue weighted by Gasteiger charge is 2.24. The number of aryl methyl sites for hydroxylation is 1. The number of pyridine rings is 1. The minimum absolute atomic E-state index is 0.0668. The van der Waals surface area contributed by atoms with Gasteiger partial charge in [0.2, 0.25) is 0 Å². The van der Waals surface area contributed by atoms with Crippen molar-refractivity contribution in [3.8, 4) is 5.75 Å². The Balaban J connectivity index is 1.51. The zero-order valence-electron chi connectivity index (χ0n) is 14.0. The van der Waals surface area contributed by atoms with Crippen LogP contribution in [-0.4, -0.2) is 23.0 Å². The third-order valence-corrected chi connectivity index (χ3v) is 4.29. The van der Waals surface area contributed by atoms with Gasteiger partial charge in [-0.1, -0.05) is 0 Å². The number of rotatable bonds is 4. The Morgan fingerprint density at radius 3 is 2.40 bits per heavy atom. The monoisotopic (exact) mass is 346 g/mol. The van der Waals surface area contributed by atoms with Gasteiger partial charge in [-0.25, -0.2) is 8.78 Å². The minimum atomic E-state index is -0.650. The molecule has 0 bridgehead atoms. The molecule has 1 aromatic carbocycles. The van der Waals surface area contributed by atoms with Gasteiger partial charge < -0.3 is 10.1 Å². The molecule has 0 atom stereocenters. The molecule has 1 aromatic heterocycles. The molecule has 1 fully saturated rings. The Bertz CT molecular complexity index is 739. The minimum Gasteiger partial charge on any atom is -0.490 e. The molecule has 132 valence electrons. The third-order valence-electron chi connectivity index (χ3n) is 4.29. The van der Waals surface area contributed by atoms with Crippen molar-refractivity contribution in [3.63, 3.8) is 0 Å². The highest BCUT2D eigenvalue weighted by atomic mass is 19.1. The van der Waals surface area contributed by atoms with E-state index in [1.165, 1.54) is 12.1 Å². The van der Waals surface area contributed by atoms with Crippen molar-refractivity contribution in [2.45, 2.75) is 44.8 Å². The van der Waals surface area contributed by atoms with Crippen molar-refractivity contribution < 1.29 is 18.3 Å². The Hall–Kier alpha value is -2.50. The molecular weight excluding hydrogens is 326 g/mol. The summed E-state index contributed by atoms with van der Waals surface area (Å²) < 4.78 is 32.1. The van der Waals surface area contributed by atoms with Crippen LogP contribution in [0, 0.1) is 18.6 Å². The molecule has 3 rings (SSSR count). The summed E-state index contributed by atoms with van der Waals surface area (Å²) in [5, 5.41) is 3.01. The fourth-order valence-corrected chi connectivity index (χ4v) is 3.06. The van der Waals surface area contributed by atoms with Crippen molar-refractivity contribution >= 4 is 5.91 Å². The fourth-order valence-electron chi connectivity index (χ4n) is 3.06. The van der Waals surface area contributed by atoms with Crippen LogP contribution < -0.4 is 10.1 Å². The number of nitrogens with one attached hydrogen (secondary N) is 1. The first kappa shape index (κ1) is 17.3. The summed E-state index contributed by atoms with van der Waals surface area (Å²) in [7, 11) is 0. The molecule has 1 N–H and O–H groups in total. The van der Waals surface area contributed by atoms with Crippen LogP contribution in [0.2, 0.25) is 0 Å². The summed E-state index contributed by atoms with van der Waals surface area (Å²) in [5.74, 6) is -1.23. The summed E-state index contributed by atoms with van der Waals surface area (Å²) in [4.78, 5) is 16.3. The number of amides is 1. The van der Waals surface area contributed by atoms with Gasteiger partial charge in [-0.15, -0.1) is 0 Å². The average Bonchev–Trinajstić information content (AvgIpc) is 2.56. The first-order chi connectivity index (χ1) is 12.0. The zero-order valence-corrected chi connectivity index (χ0v) is 14.0. The van der Waals surface area contributed by atoms with E-state index in [1.807, 2.05) is 6.92 Å². The largest absolute Gasteiger partial charge is 0.490 e. The van der Waals surface area contributed by atoms with Gasteiger partial charge in [0, 0.05) is 36.6 Å². The average molecular weight is 346 g/mol. The summed E-state index contributed by atoms with van der Waals surface area (Å²) >= 11 is 0. The zero-order chi connectivity index (χ0) is 17.8. The van der Waals surface area contributed by atoms with E-state index in [0.29, 0.717) is 5.56 Å². The number of nitrogens with zero attached hydrogens (tertiary/aromatic N) is 1. The molecule has 0 saturated heterocycles. The Labute approximate surface area is 145 Å². The second-order valence-electron chi connectivity index (χ2n) is 6.42. The summed E-state index contributed by atoms with van der Waals surface area (Å²) in [5.41, 5.74) is 1.49. The molecule has 0 radical (unpaired) electrons. The number of aromatic nitrogens is 1. The van der Waals surface area contributed by atoms with Gasteiger partial charge in [0.15, 0.2) is 0 Å². The van der Waals surface area contributed by atoms with Crippen LogP contribution >= 0.6 is 0 Å². The summed E-state index contributed by atoms with van der Waals surface area (Å²) in [6.07, 6.45) is 6.10. The third kappa shape index (κ3) is 4.75. The van der Waals surface area contributed by atoms with Crippen molar-refractivity contribution in [1.82, 2.24) is 10.3 Å². The molecule has 0 spiro atoms. The first-order valence-corrected chi connectivity index (χ1v) is 8.35. The number of benzene rings is 1. The quantitative estimate of drug-likeness (QED) is 0.916. The van der Waals surface area contributed by atoms with E-state index < -0.39 is 11.6 Å². The maximum Gasteiger partial charge on any atom is 0.253 e. The van der Waals surface area contributed by atoms with Crippen LogP contribution in [0.5, 0.6) is 5.75 Å². The van der Waals surface area contributed by atoms with Crippen LogP contribution in [0.15, 0.2) is 36.7 Å². The van der Waals surface area contributed by atoms with Crippen LogP contribution in [0.25, 0.3) is 0 Å². The SMILES string of the molecule is Cc1cncc(C(=O)NC2CCC(Oc3cc(F)cc(F)c3)CC2)c1. The van der Waals surface area contributed by atoms with Crippen molar-refractivity contribution in [2.24, 2.45) is 0 Å². The number of ether oxygens (including phenoxy) is 1. The lowest BCUT2D eigenvalue weighted by atomic mass is 9.92. The van der Waals surface area contributed by atoms with E-state index in [-0.39, 0.29) is 23.8 Å². The summed E-state index contributed by atoms with van der Waals surface area (Å²) in [6, 6.07) is 5.05. The van der Waals surface area contributed by atoms with Crippen LogP contribution in [0.3, 0.4) is 0 Å². The Morgan fingerprint density at radius 2 is 1.76 bits per heavy atom. The molecule has 1 amide bonds. The number of carbonyl (C=O) groups excluding carboxylic acids is 1. The normalized spacial score (nSPS) is 20.1. The van der Waals surface area contributed by atoms with Crippen molar-refractivity contribution in [2.75, 3.05) is 0 Å².